The molecule has 140 valence electrons. The quantitative estimate of drug-likeness (QED) is 0.763. The highest BCUT2D eigenvalue weighted by Crippen LogP contribution is 2.29. The number of halogens is 1. The van der Waals surface area contributed by atoms with Crippen molar-refractivity contribution in [2.45, 2.75) is 19.4 Å². The molecule has 2 saturated heterocycles. The van der Waals surface area contributed by atoms with E-state index in [1.54, 1.807) is 23.5 Å². The predicted molar refractivity (Wildman–Crippen MR) is 107 cm³/mol. The molecule has 0 radical (unpaired) electrons. The number of benzene rings is 1. The summed E-state index contributed by atoms with van der Waals surface area (Å²) < 4.78 is 13.4. The Morgan fingerprint density at radius 2 is 1.50 bits per heavy atom. The van der Waals surface area contributed by atoms with Crippen LogP contribution < -0.4 is 0 Å². The van der Waals surface area contributed by atoms with Gasteiger partial charge in [-0.25, -0.2) is 4.39 Å². The number of nitrogens with zero attached hydrogens (tertiary/aromatic N) is 3. The van der Waals surface area contributed by atoms with Crippen molar-refractivity contribution in [1.29, 1.82) is 0 Å². The van der Waals surface area contributed by atoms with Crippen LogP contribution in [-0.4, -0.2) is 67.1 Å². The van der Waals surface area contributed by atoms with Gasteiger partial charge in [-0.3, -0.25) is 9.80 Å². The van der Waals surface area contributed by atoms with E-state index in [2.05, 4.69) is 26.8 Å². The summed E-state index contributed by atoms with van der Waals surface area (Å²) in [6, 6.07) is 11.2. The largest absolute Gasteiger partial charge is 0.302 e. The van der Waals surface area contributed by atoms with E-state index in [-0.39, 0.29) is 5.82 Å². The third kappa shape index (κ3) is 4.71. The minimum Gasteiger partial charge on any atom is -0.302 e. The van der Waals surface area contributed by atoms with Gasteiger partial charge in [0, 0.05) is 55.6 Å². The van der Waals surface area contributed by atoms with Gasteiger partial charge in [-0.15, -0.1) is 11.3 Å². The predicted octanol–water partition coefficient (Wildman–Crippen LogP) is 3.77. The van der Waals surface area contributed by atoms with E-state index in [9.17, 15) is 4.39 Å². The Morgan fingerprint density at radius 1 is 0.808 bits per heavy atom. The number of hydrogen-bond acceptors (Lipinski definition) is 4. The first kappa shape index (κ1) is 18.1. The topological polar surface area (TPSA) is 9.72 Å². The molecule has 1 aromatic carbocycles. The van der Waals surface area contributed by atoms with Crippen LogP contribution in [0.5, 0.6) is 0 Å². The van der Waals surface area contributed by atoms with Gasteiger partial charge in [-0.05, 0) is 55.8 Å². The Morgan fingerprint density at radius 3 is 2.23 bits per heavy atom. The van der Waals surface area contributed by atoms with Crippen molar-refractivity contribution in [3.05, 3.63) is 47.1 Å². The van der Waals surface area contributed by atoms with E-state index in [0.717, 1.165) is 30.1 Å². The van der Waals surface area contributed by atoms with Crippen LogP contribution in [0.1, 0.15) is 17.7 Å². The lowest BCUT2D eigenvalue weighted by Crippen LogP contribution is -2.47. The number of hydrogen-bond donors (Lipinski definition) is 0. The highest BCUT2D eigenvalue weighted by atomic mass is 32.1. The SMILES string of the molecule is Fc1cccc(-c2ccc(CN3CCN(CCN4CCCC4)CC3)s2)c1. The molecule has 0 N–H and O–H groups in total. The molecule has 0 amide bonds. The Bertz CT molecular complexity index is 703. The lowest BCUT2D eigenvalue weighted by molar-refractivity contribution is 0.118. The van der Waals surface area contributed by atoms with E-state index in [1.807, 2.05) is 6.07 Å². The normalized spacial score (nSPS) is 20.0. The molecule has 2 aliphatic heterocycles. The molecule has 0 spiro atoms. The van der Waals surface area contributed by atoms with Crippen molar-refractivity contribution in [1.82, 2.24) is 14.7 Å². The number of piperazine rings is 1. The molecular formula is C21H28FN3S. The number of likely N-dealkylation sites (tertiary alicyclic amines) is 1. The van der Waals surface area contributed by atoms with E-state index in [1.165, 1.54) is 63.1 Å². The van der Waals surface area contributed by atoms with Gasteiger partial charge in [0.15, 0.2) is 0 Å². The molecule has 0 atom stereocenters. The summed E-state index contributed by atoms with van der Waals surface area (Å²) in [5.74, 6) is -0.164. The van der Waals surface area contributed by atoms with Crippen LogP contribution in [0.25, 0.3) is 10.4 Å². The lowest BCUT2D eigenvalue weighted by atomic mass is 10.2. The lowest BCUT2D eigenvalue weighted by Gasteiger charge is -2.35. The van der Waals surface area contributed by atoms with Crippen molar-refractivity contribution in [3.63, 3.8) is 0 Å². The van der Waals surface area contributed by atoms with E-state index in [0.29, 0.717) is 0 Å². The molecule has 2 fully saturated rings. The highest BCUT2D eigenvalue weighted by Gasteiger charge is 2.19. The summed E-state index contributed by atoms with van der Waals surface area (Å²) in [4.78, 5) is 10.3. The number of rotatable bonds is 6. The molecule has 3 heterocycles. The van der Waals surface area contributed by atoms with Crippen molar-refractivity contribution < 1.29 is 4.39 Å². The first-order valence-electron chi connectivity index (χ1n) is 9.78. The summed E-state index contributed by atoms with van der Waals surface area (Å²) in [7, 11) is 0. The summed E-state index contributed by atoms with van der Waals surface area (Å²) in [5.41, 5.74) is 0.980. The molecule has 2 aliphatic rings. The van der Waals surface area contributed by atoms with Gasteiger partial charge in [0.1, 0.15) is 5.82 Å². The Labute approximate surface area is 160 Å². The molecule has 2 aromatic rings. The van der Waals surface area contributed by atoms with Crippen LogP contribution in [0.4, 0.5) is 4.39 Å². The molecule has 0 saturated carbocycles. The first-order chi connectivity index (χ1) is 12.8. The van der Waals surface area contributed by atoms with Crippen molar-refractivity contribution in [2.24, 2.45) is 0 Å². The molecule has 26 heavy (non-hydrogen) atoms. The Hall–Kier alpha value is -1.27. The zero-order chi connectivity index (χ0) is 17.8. The monoisotopic (exact) mass is 373 g/mol. The van der Waals surface area contributed by atoms with Crippen LogP contribution in [0, 0.1) is 5.82 Å². The molecular weight excluding hydrogens is 345 g/mol. The molecule has 3 nitrogen and oxygen atoms in total. The average Bonchev–Trinajstić information content (AvgIpc) is 3.33. The minimum absolute atomic E-state index is 0.164. The summed E-state index contributed by atoms with van der Waals surface area (Å²) in [6.07, 6.45) is 2.76. The Kier molecular flexibility index (Phi) is 6.00. The van der Waals surface area contributed by atoms with Crippen molar-refractivity contribution in [2.75, 3.05) is 52.4 Å². The van der Waals surface area contributed by atoms with E-state index in [4.69, 9.17) is 0 Å². The van der Waals surface area contributed by atoms with E-state index < -0.39 is 0 Å². The van der Waals surface area contributed by atoms with Crippen LogP contribution in [0.3, 0.4) is 0 Å². The fourth-order valence-corrected chi connectivity index (χ4v) is 4.99. The fraction of sp³-hybridized carbons (Fsp3) is 0.524. The second kappa shape index (κ2) is 8.61. The van der Waals surface area contributed by atoms with Gasteiger partial charge in [0.25, 0.3) is 0 Å². The standard InChI is InChI=1S/C21H28FN3S/c22-19-5-3-4-18(16-19)21-7-6-20(26-21)17-25-14-12-24(13-15-25)11-10-23-8-1-2-9-23/h3-7,16H,1-2,8-15,17H2. The second-order valence-electron chi connectivity index (χ2n) is 7.44. The van der Waals surface area contributed by atoms with Crippen molar-refractivity contribution >= 4 is 11.3 Å². The second-order valence-corrected chi connectivity index (χ2v) is 8.61. The van der Waals surface area contributed by atoms with Gasteiger partial charge in [0.05, 0.1) is 0 Å². The van der Waals surface area contributed by atoms with Gasteiger partial charge in [0.2, 0.25) is 0 Å². The van der Waals surface area contributed by atoms with Crippen LogP contribution in [0.2, 0.25) is 0 Å². The minimum atomic E-state index is -0.164. The molecule has 0 unspecified atom stereocenters. The van der Waals surface area contributed by atoms with Crippen molar-refractivity contribution in [3.8, 4) is 10.4 Å². The van der Waals surface area contributed by atoms with Crippen LogP contribution >= 0.6 is 11.3 Å². The molecule has 0 aliphatic carbocycles. The smallest absolute Gasteiger partial charge is 0.123 e. The first-order valence-corrected chi connectivity index (χ1v) is 10.6. The molecule has 5 heteroatoms. The number of thiophene rings is 1. The third-order valence-corrected chi connectivity index (χ3v) is 6.67. The summed E-state index contributed by atoms with van der Waals surface area (Å²) >= 11 is 1.79. The van der Waals surface area contributed by atoms with Gasteiger partial charge in [-0.1, -0.05) is 12.1 Å². The van der Waals surface area contributed by atoms with Crippen LogP contribution in [0.15, 0.2) is 36.4 Å². The Balaban J connectivity index is 1.24. The van der Waals surface area contributed by atoms with Gasteiger partial charge >= 0.3 is 0 Å². The molecule has 1 aromatic heterocycles. The fourth-order valence-electron chi connectivity index (χ4n) is 3.94. The maximum Gasteiger partial charge on any atom is 0.123 e. The van der Waals surface area contributed by atoms with Gasteiger partial charge < -0.3 is 4.90 Å². The zero-order valence-electron chi connectivity index (χ0n) is 15.4. The zero-order valence-corrected chi connectivity index (χ0v) is 16.2. The summed E-state index contributed by atoms with van der Waals surface area (Å²) in [5, 5.41) is 0. The average molecular weight is 374 g/mol. The van der Waals surface area contributed by atoms with Crippen LogP contribution in [-0.2, 0) is 6.54 Å². The highest BCUT2D eigenvalue weighted by molar-refractivity contribution is 7.15. The van der Waals surface area contributed by atoms with E-state index >= 15 is 0 Å². The maximum atomic E-state index is 13.4. The van der Waals surface area contributed by atoms with Gasteiger partial charge in [-0.2, -0.15) is 0 Å². The molecule has 0 bridgehead atoms. The third-order valence-electron chi connectivity index (χ3n) is 5.55. The summed E-state index contributed by atoms with van der Waals surface area (Å²) in [6.45, 7) is 10.7. The maximum absolute atomic E-state index is 13.4. The molecule has 4 rings (SSSR count).